The normalized spacial score (nSPS) is 11.0. The Kier molecular flexibility index (Phi) is 5.26. The lowest BCUT2D eigenvalue weighted by atomic mass is 10.0. The maximum atomic E-state index is 4.83. The van der Waals surface area contributed by atoms with Gasteiger partial charge in [-0.2, -0.15) is 4.98 Å². The van der Waals surface area contributed by atoms with E-state index in [1.165, 1.54) is 22.3 Å². The van der Waals surface area contributed by atoms with E-state index in [1.54, 1.807) is 6.20 Å². The number of para-hydroxylation sites is 2. The first-order chi connectivity index (χ1) is 16.0. The molecule has 0 unspecified atom stereocenters. The van der Waals surface area contributed by atoms with Crippen LogP contribution in [0.25, 0.3) is 16.9 Å². The lowest BCUT2D eigenvalue weighted by Gasteiger charge is -2.13. The molecular weight excluding hydrogens is 408 g/mol. The summed E-state index contributed by atoms with van der Waals surface area (Å²) in [6.07, 6.45) is 1.77. The highest BCUT2D eigenvalue weighted by Gasteiger charge is 2.15. The largest absolute Gasteiger partial charge is 0.325 e. The Labute approximate surface area is 193 Å². The fourth-order valence-corrected chi connectivity index (χ4v) is 3.96. The third-order valence-electron chi connectivity index (χ3n) is 5.89. The van der Waals surface area contributed by atoms with Crippen LogP contribution >= 0.6 is 0 Å². The molecule has 0 saturated carbocycles. The van der Waals surface area contributed by atoms with E-state index in [-0.39, 0.29) is 0 Å². The van der Waals surface area contributed by atoms with E-state index >= 15 is 0 Å². The zero-order valence-electron chi connectivity index (χ0n) is 19.2. The Balaban J connectivity index is 1.56. The van der Waals surface area contributed by atoms with Crippen molar-refractivity contribution in [3.63, 3.8) is 0 Å². The predicted octanol–water partition coefficient (Wildman–Crippen LogP) is 6.54. The van der Waals surface area contributed by atoms with Gasteiger partial charge in [-0.05, 0) is 86.3 Å². The number of imidazole rings is 1. The highest BCUT2D eigenvalue weighted by atomic mass is 15.3. The van der Waals surface area contributed by atoms with Crippen LogP contribution in [-0.4, -0.2) is 19.5 Å². The molecule has 33 heavy (non-hydrogen) atoms. The highest BCUT2D eigenvalue weighted by Crippen LogP contribution is 2.27. The fourth-order valence-electron chi connectivity index (χ4n) is 3.96. The lowest BCUT2D eigenvalue weighted by molar-refractivity contribution is 1.01. The fraction of sp³-hybridized carbons (Fsp3) is 0.148. The van der Waals surface area contributed by atoms with Crippen LogP contribution in [0.4, 0.5) is 23.3 Å². The van der Waals surface area contributed by atoms with Crippen LogP contribution in [0.3, 0.4) is 0 Å². The number of aromatic nitrogens is 4. The minimum Gasteiger partial charge on any atom is -0.325 e. The zero-order valence-corrected chi connectivity index (χ0v) is 19.2. The van der Waals surface area contributed by atoms with Gasteiger partial charge in [0.05, 0.1) is 11.0 Å². The van der Waals surface area contributed by atoms with Crippen molar-refractivity contribution >= 4 is 34.3 Å². The Morgan fingerprint density at radius 3 is 2.30 bits per heavy atom. The van der Waals surface area contributed by atoms with E-state index in [0.29, 0.717) is 11.9 Å². The van der Waals surface area contributed by atoms with E-state index in [9.17, 15) is 0 Å². The lowest BCUT2D eigenvalue weighted by Crippen LogP contribution is -2.06. The maximum Gasteiger partial charge on any atom is 0.229 e. The predicted molar refractivity (Wildman–Crippen MR) is 135 cm³/mol. The number of hydrogen-bond acceptors (Lipinski definition) is 5. The summed E-state index contributed by atoms with van der Waals surface area (Å²) >= 11 is 0. The van der Waals surface area contributed by atoms with Crippen molar-refractivity contribution in [1.82, 2.24) is 19.5 Å². The molecule has 0 amide bonds. The van der Waals surface area contributed by atoms with Crippen molar-refractivity contribution < 1.29 is 0 Å². The number of aryl methyl sites for hydroxylation is 3. The quantitative estimate of drug-likeness (QED) is 0.329. The molecule has 0 atom stereocenters. The van der Waals surface area contributed by atoms with Crippen LogP contribution in [0, 0.1) is 27.7 Å². The maximum absolute atomic E-state index is 4.83. The molecular formula is C27H26N6. The summed E-state index contributed by atoms with van der Waals surface area (Å²) in [5.74, 6) is 1.97. The molecule has 0 fully saturated rings. The smallest absolute Gasteiger partial charge is 0.229 e. The number of rotatable bonds is 5. The number of nitrogens with one attached hydrogen (secondary N) is 2. The minimum atomic E-state index is 0.537. The van der Waals surface area contributed by atoms with Crippen molar-refractivity contribution in [2.45, 2.75) is 27.7 Å². The van der Waals surface area contributed by atoms with Crippen LogP contribution in [0.5, 0.6) is 0 Å². The summed E-state index contributed by atoms with van der Waals surface area (Å²) < 4.78 is 2.02. The molecule has 5 aromatic rings. The van der Waals surface area contributed by atoms with Gasteiger partial charge >= 0.3 is 0 Å². The molecule has 0 aliphatic rings. The molecule has 6 nitrogen and oxygen atoms in total. The molecule has 5 rings (SSSR count). The standard InChI is InChI=1S/C27H26N6/c1-17-8-7-9-21(14-17)30-27-31-23-10-5-6-11-24(23)33(27)25-12-13-28-26(32-25)29-22-15-18(2)20(4)19(3)16-22/h5-16H,1-4H3,(H,30,31)(H,28,29,32). The number of nitrogens with zero attached hydrogens (tertiary/aromatic N) is 4. The number of fused-ring (bicyclic) bond motifs is 1. The van der Waals surface area contributed by atoms with Crippen LogP contribution in [0.1, 0.15) is 22.3 Å². The topological polar surface area (TPSA) is 67.7 Å². The Morgan fingerprint density at radius 2 is 1.52 bits per heavy atom. The van der Waals surface area contributed by atoms with E-state index < -0.39 is 0 Å². The van der Waals surface area contributed by atoms with Crippen LogP contribution in [-0.2, 0) is 0 Å². The summed E-state index contributed by atoms with van der Waals surface area (Å²) in [6.45, 7) is 8.45. The van der Waals surface area contributed by atoms with Crippen LogP contribution in [0.2, 0.25) is 0 Å². The van der Waals surface area contributed by atoms with Gasteiger partial charge in [-0.3, -0.25) is 4.57 Å². The summed E-state index contributed by atoms with van der Waals surface area (Å²) in [7, 11) is 0. The zero-order chi connectivity index (χ0) is 22.9. The van der Waals surface area contributed by atoms with Gasteiger partial charge in [-0.15, -0.1) is 0 Å². The SMILES string of the molecule is Cc1cccc(Nc2nc3ccccc3n2-c2ccnc(Nc3cc(C)c(C)c(C)c3)n2)c1. The Morgan fingerprint density at radius 1 is 0.727 bits per heavy atom. The van der Waals surface area contributed by atoms with Gasteiger partial charge in [0.15, 0.2) is 0 Å². The summed E-state index contributed by atoms with van der Waals surface area (Å²) in [5, 5.41) is 6.83. The minimum absolute atomic E-state index is 0.537. The van der Waals surface area contributed by atoms with E-state index in [0.717, 1.165) is 28.2 Å². The van der Waals surface area contributed by atoms with Crippen LogP contribution < -0.4 is 10.6 Å². The van der Waals surface area contributed by atoms with E-state index in [2.05, 4.69) is 67.6 Å². The first-order valence-electron chi connectivity index (χ1n) is 11.0. The molecule has 0 aliphatic carbocycles. The van der Waals surface area contributed by atoms with E-state index in [1.807, 2.05) is 47.0 Å². The summed E-state index contributed by atoms with van der Waals surface area (Å²) in [6, 6.07) is 22.4. The van der Waals surface area contributed by atoms with Gasteiger partial charge in [0.25, 0.3) is 0 Å². The van der Waals surface area contributed by atoms with Gasteiger partial charge < -0.3 is 10.6 Å². The van der Waals surface area contributed by atoms with Gasteiger partial charge in [0.1, 0.15) is 5.82 Å². The van der Waals surface area contributed by atoms with E-state index in [4.69, 9.17) is 9.97 Å². The molecule has 0 saturated heterocycles. The summed E-state index contributed by atoms with van der Waals surface area (Å²) in [4.78, 5) is 14.1. The average molecular weight is 435 g/mol. The van der Waals surface area contributed by atoms with Crippen molar-refractivity contribution in [2.75, 3.05) is 10.6 Å². The second-order valence-corrected chi connectivity index (χ2v) is 8.35. The van der Waals surface area contributed by atoms with Gasteiger partial charge in [-0.25, -0.2) is 9.97 Å². The second kappa shape index (κ2) is 8.39. The monoisotopic (exact) mass is 434 g/mol. The van der Waals surface area contributed by atoms with Crippen LogP contribution in [0.15, 0.2) is 72.9 Å². The van der Waals surface area contributed by atoms with Gasteiger partial charge in [0.2, 0.25) is 11.9 Å². The molecule has 6 heteroatoms. The number of benzene rings is 3. The number of hydrogen-bond donors (Lipinski definition) is 2. The van der Waals surface area contributed by atoms with Gasteiger partial charge in [0, 0.05) is 23.6 Å². The molecule has 2 N–H and O–H groups in total. The molecule has 0 bridgehead atoms. The Bertz CT molecular complexity index is 1440. The third-order valence-corrected chi connectivity index (χ3v) is 5.89. The Hall–Kier alpha value is -4.19. The molecule has 0 spiro atoms. The number of anilines is 4. The third kappa shape index (κ3) is 4.15. The molecule has 164 valence electrons. The molecule has 0 radical (unpaired) electrons. The molecule has 2 aromatic heterocycles. The highest BCUT2D eigenvalue weighted by molar-refractivity contribution is 5.82. The molecule has 3 aromatic carbocycles. The molecule has 2 heterocycles. The average Bonchev–Trinajstić information content (AvgIpc) is 3.15. The van der Waals surface area contributed by atoms with Crippen molar-refractivity contribution in [1.29, 1.82) is 0 Å². The first kappa shape index (κ1) is 20.7. The van der Waals surface area contributed by atoms with Crippen molar-refractivity contribution in [3.05, 3.63) is 95.2 Å². The molecule has 0 aliphatic heterocycles. The van der Waals surface area contributed by atoms with Gasteiger partial charge in [-0.1, -0.05) is 24.3 Å². The first-order valence-corrected chi connectivity index (χ1v) is 11.0. The van der Waals surface area contributed by atoms with Crippen molar-refractivity contribution in [3.8, 4) is 5.82 Å². The van der Waals surface area contributed by atoms with Crippen molar-refractivity contribution in [2.24, 2.45) is 0 Å². The second-order valence-electron chi connectivity index (χ2n) is 8.35. The summed E-state index contributed by atoms with van der Waals surface area (Å²) in [5.41, 5.74) is 8.76.